The molecule has 0 bridgehead atoms. The summed E-state index contributed by atoms with van der Waals surface area (Å²) in [6, 6.07) is 4.50. The van der Waals surface area contributed by atoms with Crippen LogP contribution in [0.4, 0.5) is 0 Å². The van der Waals surface area contributed by atoms with Crippen molar-refractivity contribution in [2.45, 2.75) is 27.2 Å². The van der Waals surface area contributed by atoms with Gasteiger partial charge in [0.15, 0.2) is 0 Å². The van der Waals surface area contributed by atoms with E-state index in [0.29, 0.717) is 0 Å². The Morgan fingerprint density at radius 2 is 1.81 bits per heavy atom. The number of hydrogen-bond donors (Lipinski definition) is 1. The maximum absolute atomic E-state index is 4.44. The van der Waals surface area contributed by atoms with Crippen LogP contribution in [0.15, 0.2) is 17.1 Å². The molecule has 0 radical (unpaired) electrons. The Bertz CT molecular complexity index is 387. The maximum Gasteiger partial charge on any atom is 0.101 e. The van der Waals surface area contributed by atoms with Crippen LogP contribution in [0.5, 0.6) is 0 Å². The minimum atomic E-state index is 0. The number of hydrogen-bond acceptors (Lipinski definition) is 2. The van der Waals surface area contributed by atoms with Gasteiger partial charge in [-0.1, -0.05) is 17.7 Å². The first kappa shape index (κ1) is 13.0. The van der Waals surface area contributed by atoms with Crippen LogP contribution in [-0.2, 0) is 6.42 Å². The van der Waals surface area contributed by atoms with Gasteiger partial charge in [-0.3, -0.25) is 4.99 Å². The molecule has 1 aromatic rings. The van der Waals surface area contributed by atoms with E-state index in [1.165, 1.54) is 22.3 Å². The van der Waals surface area contributed by atoms with E-state index in [4.69, 9.17) is 0 Å². The maximum atomic E-state index is 4.44. The first-order valence-electron chi connectivity index (χ1n) is 5.51. The zero-order valence-electron chi connectivity index (χ0n) is 10.1. The molecular formula is C13H19ClN2. The van der Waals surface area contributed by atoms with E-state index >= 15 is 0 Å². The SMILES string of the molecule is Cc1cc(C)c(CC2=NCCN2)c(C)c1.Cl. The second-order valence-electron chi connectivity index (χ2n) is 4.31. The van der Waals surface area contributed by atoms with Crippen LogP contribution in [0.1, 0.15) is 22.3 Å². The zero-order valence-corrected chi connectivity index (χ0v) is 10.9. The Morgan fingerprint density at radius 3 is 2.31 bits per heavy atom. The van der Waals surface area contributed by atoms with Gasteiger partial charge < -0.3 is 5.32 Å². The van der Waals surface area contributed by atoms with E-state index < -0.39 is 0 Å². The number of aryl methyl sites for hydroxylation is 3. The van der Waals surface area contributed by atoms with Crippen LogP contribution in [-0.4, -0.2) is 18.9 Å². The summed E-state index contributed by atoms with van der Waals surface area (Å²) >= 11 is 0. The Labute approximate surface area is 104 Å². The number of nitrogens with zero attached hydrogens (tertiary/aromatic N) is 1. The van der Waals surface area contributed by atoms with Crippen molar-refractivity contribution >= 4 is 18.2 Å². The summed E-state index contributed by atoms with van der Waals surface area (Å²) in [7, 11) is 0. The molecule has 0 atom stereocenters. The van der Waals surface area contributed by atoms with Crippen molar-refractivity contribution in [2.24, 2.45) is 4.99 Å². The highest BCUT2D eigenvalue weighted by Gasteiger charge is 2.10. The lowest BCUT2D eigenvalue weighted by molar-refractivity contribution is 0.952. The predicted octanol–water partition coefficient (Wildman–Crippen LogP) is 2.58. The lowest BCUT2D eigenvalue weighted by atomic mass is 9.97. The molecule has 88 valence electrons. The molecule has 0 aromatic heterocycles. The van der Waals surface area contributed by atoms with E-state index in [1.54, 1.807) is 0 Å². The Morgan fingerprint density at radius 1 is 1.19 bits per heavy atom. The third-order valence-electron chi connectivity index (χ3n) is 2.93. The van der Waals surface area contributed by atoms with Crippen molar-refractivity contribution in [3.8, 4) is 0 Å². The highest BCUT2D eigenvalue weighted by atomic mass is 35.5. The van der Waals surface area contributed by atoms with Gasteiger partial charge in [0, 0.05) is 13.0 Å². The fourth-order valence-electron chi connectivity index (χ4n) is 2.22. The topological polar surface area (TPSA) is 24.4 Å². The van der Waals surface area contributed by atoms with Gasteiger partial charge in [-0.2, -0.15) is 0 Å². The number of benzene rings is 1. The number of halogens is 1. The van der Waals surface area contributed by atoms with Crippen molar-refractivity contribution < 1.29 is 0 Å². The lowest BCUT2D eigenvalue weighted by Crippen LogP contribution is -2.21. The molecule has 1 aromatic carbocycles. The smallest absolute Gasteiger partial charge is 0.101 e. The van der Waals surface area contributed by atoms with Gasteiger partial charge in [-0.05, 0) is 37.5 Å². The molecule has 1 N–H and O–H groups in total. The van der Waals surface area contributed by atoms with Crippen LogP contribution in [0.2, 0.25) is 0 Å². The monoisotopic (exact) mass is 238 g/mol. The zero-order chi connectivity index (χ0) is 10.8. The quantitative estimate of drug-likeness (QED) is 0.842. The molecule has 3 heteroatoms. The molecule has 16 heavy (non-hydrogen) atoms. The predicted molar refractivity (Wildman–Crippen MR) is 71.9 cm³/mol. The number of nitrogens with one attached hydrogen (secondary N) is 1. The van der Waals surface area contributed by atoms with Gasteiger partial charge in [-0.25, -0.2) is 0 Å². The summed E-state index contributed by atoms with van der Waals surface area (Å²) in [4.78, 5) is 4.44. The van der Waals surface area contributed by atoms with Gasteiger partial charge >= 0.3 is 0 Å². The molecule has 0 spiro atoms. The number of amidine groups is 1. The third kappa shape index (κ3) is 2.76. The van der Waals surface area contributed by atoms with E-state index in [1.807, 2.05) is 0 Å². The van der Waals surface area contributed by atoms with Crippen LogP contribution < -0.4 is 5.32 Å². The van der Waals surface area contributed by atoms with Crippen molar-refractivity contribution in [2.75, 3.05) is 13.1 Å². The second-order valence-corrected chi connectivity index (χ2v) is 4.31. The number of aliphatic imine (C=N–C) groups is 1. The summed E-state index contributed by atoms with van der Waals surface area (Å²) in [6.07, 6.45) is 0.956. The fourth-order valence-corrected chi connectivity index (χ4v) is 2.22. The minimum Gasteiger partial charge on any atom is -0.372 e. The molecule has 0 saturated heterocycles. The van der Waals surface area contributed by atoms with E-state index in [2.05, 4.69) is 43.2 Å². The standard InChI is InChI=1S/C13H18N2.ClH/c1-9-6-10(2)12(11(3)7-9)8-13-14-4-5-15-13;/h6-7H,4-5,8H2,1-3H3,(H,14,15);1H. The largest absolute Gasteiger partial charge is 0.372 e. The Balaban J connectivity index is 0.00000128. The average molecular weight is 239 g/mol. The van der Waals surface area contributed by atoms with E-state index in [0.717, 1.165) is 25.3 Å². The first-order chi connectivity index (χ1) is 7.16. The summed E-state index contributed by atoms with van der Waals surface area (Å²) < 4.78 is 0. The molecule has 0 fully saturated rings. The summed E-state index contributed by atoms with van der Waals surface area (Å²) in [5.41, 5.74) is 5.52. The number of rotatable bonds is 2. The van der Waals surface area contributed by atoms with Crippen LogP contribution in [0.3, 0.4) is 0 Å². The molecular weight excluding hydrogens is 220 g/mol. The van der Waals surface area contributed by atoms with Crippen molar-refractivity contribution in [3.05, 3.63) is 34.4 Å². The summed E-state index contributed by atoms with van der Waals surface area (Å²) in [6.45, 7) is 8.45. The van der Waals surface area contributed by atoms with E-state index in [-0.39, 0.29) is 12.4 Å². The highest BCUT2D eigenvalue weighted by Crippen LogP contribution is 2.17. The molecule has 1 heterocycles. The fraction of sp³-hybridized carbons (Fsp3) is 0.462. The molecule has 1 aliphatic heterocycles. The molecule has 1 aliphatic rings. The molecule has 0 aliphatic carbocycles. The van der Waals surface area contributed by atoms with Crippen molar-refractivity contribution in [1.82, 2.24) is 5.32 Å². The highest BCUT2D eigenvalue weighted by molar-refractivity contribution is 5.86. The molecule has 0 unspecified atom stereocenters. The van der Waals surface area contributed by atoms with Crippen LogP contribution in [0.25, 0.3) is 0 Å². The molecule has 2 rings (SSSR count). The third-order valence-corrected chi connectivity index (χ3v) is 2.93. The lowest BCUT2D eigenvalue weighted by Gasteiger charge is -2.11. The van der Waals surface area contributed by atoms with Gasteiger partial charge in [0.05, 0.1) is 6.54 Å². The van der Waals surface area contributed by atoms with Gasteiger partial charge in [-0.15, -0.1) is 12.4 Å². The minimum absolute atomic E-state index is 0. The molecule has 0 amide bonds. The van der Waals surface area contributed by atoms with Gasteiger partial charge in [0.1, 0.15) is 5.84 Å². The Kier molecular flexibility index (Phi) is 4.36. The van der Waals surface area contributed by atoms with E-state index in [9.17, 15) is 0 Å². The van der Waals surface area contributed by atoms with Crippen LogP contribution in [0, 0.1) is 20.8 Å². The van der Waals surface area contributed by atoms with Gasteiger partial charge in [0.25, 0.3) is 0 Å². The Hall–Kier alpha value is -1.02. The summed E-state index contributed by atoms with van der Waals surface area (Å²) in [5.74, 6) is 1.14. The van der Waals surface area contributed by atoms with Crippen LogP contribution >= 0.6 is 12.4 Å². The molecule has 2 nitrogen and oxygen atoms in total. The second kappa shape index (κ2) is 5.35. The van der Waals surface area contributed by atoms with Crippen molar-refractivity contribution in [1.29, 1.82) is 0 Å². The average Bonchev–Trinajstić information content (AvgIpc) is 2.63. The van der Waals surface area contributed by atoms with Crippen molar-refractivity contribution in [3.63, 3.8) is 0 Å². The normalized spacial score (nSPS) is 14.1. The molecule has 0 saturated carbocycles. The summed E-state index contributed by atoms with van der Waals surface area (Å²) in [5, 5.41) is 3.32. The first-order valence-corrected chi connectivity index (χ1v) is 5.51. The van der Waals surface area contributed by atoms with Gasteiger partial charge in [0.2, 0.25) is 0 Å².